The van der Waals surface area contributed by atoms with Crippen LogP contribution in [0.15, 0.2) is 65.7 Å². The Kier molecular flexibility index (Phi) is 2.90. The van der Waals surface area contributed by atoms with Crippen LogP contribution in [0.25, 0.3) is 10.8 Å². The fraction of sp³-hybridized carbons (Fsp3) is 0.261. The van der Waals surface area contributed by atoms with Crippen LogP contribution >= 0.6 is 0 Å². The monoisotopic (exact) mass is 342 g/mol. The Morgan fingerprint density at radius 1 is 0.923 bits per heavy atom. The highest BCUT2D eigenvalue weighted by Gasteiger charge is 2.61. The van der Waals surface area contributed by atoms with E-state index in [1.165, 1.54) is 16.6 Å². The first-order chi connectivity index (χ1) is 12.5. The van der Waals surface area contributed by atoms with Gasteiger partial charge in [0.25, 0.3) is 0 Å². The van der Waals surface area contributed by atoms with Crippen LogP contribution in [-0.2, 0) is 5.41 Å². The Labute approximate surface area is 153 Å². The van der Waals surface area contributed by atoms with E-state index < -0.39 is 5.72 Å². The molecule has 0 aromatic heterocycles. The van der Waals surface area contributed by atoms with Gasteiger partial charge in [-0.15, -0.1) is 0 Å². The van der Waals surface area contributed by atoms with Crippen molar-refractivity contribution < 1.29 is 4.74 Å². The van der Waals surface area contributed by atoms with Crippen LogP contribution in [0.1, 0.15) is 26.3 Å². The van der Waals surface area contributed by atoms with Crippen LogP contribution in [0.4, 0.5) is 11.4 Å². The second kappa shape index (κ2) is 4.88. The first-order valence-electron chi connectivity index (χ1n) is 9.07. The maximum absolute atomic E-state index is 6.81. The molecule has 5 rings (SSSR count). The molecule has 0 saturated heterocycles. The Morgan fingerprint density at radius 2 is 1.65 bits per heavy atom. The van der Waals surface area contributed by atoms with Gasteiger partial charge in [0, 0.05) is 18.1 Å². The third-order valence-electron chi connectivity index (χ3n) is 6.15. The molecular weight excluding hydrogens is 320 g/mol. The van der Waals surface area contributed by atoms with Gasteiger partial charge < -0.3 is 9.64 Å². The van der Waals surface area contributed by atoms with Gasteiger partial charge in [0.05, 0.1) is 11.1 Å². The van der Waals surface area contributed by atoms with Gasteiger partial charge in [-0.2, -0.15) is 0 Å². The first-order valence-corrected chi connectivity index (χ1v) is 9.07. The van der Waals surface area contributed by atoms with E-state index in [4.69, 9.17) is 9.73 Å². The van der Waals surface area contributed by atoms with Gasteiger partial charge in [0.2, 0.25) is 5.72 Å². The van der Waals surface area contributed by atoms with Crippen LogP contribution < -0.4 is 9.64 Å². The highest BCUT2D eigenvalue weighted by molar-refractivity contribution is 6.06. The molecule has 0 saturated carbocycles. The number of rotatable bonds is 0. The Bertz CT molecular complexity index is 1080. The third-order valence-corrected chi connectivity index (χ3v) is 6.15. The second-order valence-corrected chi connectivity index (χ2v) is 7.78. The highest BCUT2D eigenvalue weighted by atomic mass is 16.5. The molecule has 3 nitrogen and oxygen atoms in total. The Morgan fingerprint density at radius 3 is 2.46 bits per heavy atom. The molecule has 0 aliphatic carbocycles. The Hall–Kier alpha value is -2.81. The van der Waals surface area contributed by atoms with Crippen molar-refractivity contribution in [1.29, 1.82) is 0 Å². The van der Waals surface area contributed by atoms with Crippen LogP contribution in [0, 0.1) is 0 Å². The van der Waals surface area contributed by atoms with E-state index in [1.807, 2.05) is 0 Å². The lowest BCUT2D eigenvalue weighted by atomic mass is 9.75. The first kappa shape index (κ1) is 15.4. The summed E-state index contributed by atoms with van der Waals surface area (Å²) in [5, 5.41) is 2.32. The van der Waals surface area contributed by atoms with Gasteiger partial charge in [0.15, 0.2) is 0 Å². The third kappa shape index (κ3) is 1.66. The number of anilines is 1. The summed E-state index contributed by atoms with van der Waals surface area (Å²) >= 11 is 0. The van der Waals surface area contributed by atoms with E-state index in [0.29, 0.717) is 0 Å². The fourth-order valence-electron chi connectivity index (χ4n) is 4.87. The summed E-state index contributed by atoms with van der Waals surface area (Å²) in [7, 11) is 2.11. The zero-order valence-corrected chi connectivity index (χ0v) is 15.6. The number of hydrogen-bond donors (Lipinski definition) is 0. The largest absolute Gasteiger partial charge is 0.459 e. The van der Waals surface area contributed by atoms with Crippen LogP contribution in [0.5, 0.6) is 5.75 Å². The summed E-state index contributed by atoms with van der Waals surface area (Å²) in [6, 6.07) is 21.1. The normalized spacial score (nSPS) is 22.8. The molecule has 0 fully saturated rings. The lowest BCUT2D eigenvalue weighted by Crippen LogP contribution is -2.64. The van der Waals surface area contributed by atoms with E-state index in [0.717, 1.165) is 22.5 Å². The van der Waals surface area contributed by atoms with E-state index >= 15 is 0 Å². The van der Waals surface area contributed by atoms with Crippen molar-refractivity contribution in [3.05, 3.63) is 66.2 Å². The minimum Gasteiger partial charge on any atom is -0.459 e. The maximum atomic E-state index is 6.81. The number of para-hydroxylation sites is 1. The average Bonchev–Trinajstić information content (AvgIpc) is 2.82. The summed E-state index contributed by atoms with van der Waals surface area (Å²) in [6.07, 6.45) is 0. The minimum absolute atomic E-state index is 0.227. The summed E-state index contributed by atoms with van der Waals surface area (Å²) in [4.78, 5) is 7.34. The number of hydrogen-bond acceptors (Lipinski definition) is 3. The zero-order valence-electron chi connectivity index (χ0n) is 15.6. The topological polar surface area (TPSA) is 24.8 Å². The molecule has 1 unspecified atom stereocenters. The quantitative estimate of drug-likeness (QED) is 0.543. The number of fused-ring (bicyclic) bond motifs is 4. The van der Waals surface area contributed by atoms with Crippen molar-refractivity contribution >= 4 is 27.9 Å². The number of benzene rings is 3. The molecule has 0 radical (unpaired) electrons. The standard InChI is InChI=1S/C23H22N2O/c1-15-23(22(2,3)18-11-7-8-12-19(18)25(23)4)26-20-14-13-16-9-5-6-10-17(16)21(20)24-15/h5-14H,1-4H3. The van der Waals surface area contributed by atoms with E-state index in [9.17, 15) is 0 Å². The van der Waals surface area contributed by atoms with Crippen molar-refractivity contribution in [3.63, 3.8) is 0 Å². The highest BCUT2D eigenvalue weighted by Crippen LogP contribution is 2.55. The van der Waals surface area contributed by atoms with Crippen LogP contribution in [-0.4, -0.2) is 18.5 Å². The fourth-order valence-corrected chi connectivity index (χ4v) is 4.87. The SMILES string of the molecule is CC1=Nc2c(ccc3ccccc23)OC12N(C)c1ccccc1C2(C)C. The van der Waals surface area contributed by atoms with Crippen LogP contribution in [0.3, 0.4) is 0 Å². The maximum Gasteiger partial charge on any atom is 0.231 e. The number of nitrogens with zero attached hydrogens (tertiary/aromatic N) is 2. The average molecular weight is 342 g/mol. The molecule has 130 valence electrons. The predicted octanol–water partition coefficient (Wildman–Crippen LogP) is 5.45. The molecule has 2 aliphatic rings. The Balaban J connectivity index is 1.77. The molecule has 2 heterocycles. The zero-order chi connectivity index (χ0) is 18.1. The molecule has 0 N–H and O–H groups in total. The molecule has 0 bridgehead atoms. The molecule has 3 aromatic carbocycles. The number of likely N-dealkylation sites (N-methyl/N-ethyl adjacent to an activating group) is 1. The van der Waals surface area contributed by atoms with Crippen molar-refractivity contribution in [2.75, 3.05) is 11.9 Å². The van der Waals surface area contributed by atoms with E-state index in [1.54, 1.807) is 0 Å². The molecule has 26 heavy (non-hydrogen) atoms. The smallest absolute Gasteiger partial charge is 0.231 e. The van der Waals surface area contributed by atoms with Gasteiger partial charge in [0.1, 0.15) is 11.4 Å². The van der Waals surface area contributed by atoms with Crippen molar-refractivity contribution in [3.8, 4) is 5.75 Å². The van der Waals surface area contributed by atoms with Gasteiger partial charge in [-0.25, -0.2) is 4.99 Å². The lowest BCUT2D eigenvalue weighted by molar-refractivity contribution is 0.0769. The molecular formula is C23H22N2O. The van der Waals surface area contributed by atoms with Crippen LogP contribution in [0.2, 0.25) is 0 Å². The molecule has 3 aromatic rings. The number of ether oxygens (including phenoxy) is 1. The summed E-state index contributed by atoms with van der Waals surface area (Å²) < 4.78 is 6.81. The number of aliphatic imine (C=N–C) groups is 1. The molecule has 1 spiro atoms. The summed E-state index contributed by atoms with van der Waals surface area (Å²) in [5.41, 5.74) is 3.58. The van der Waals surface area contributed by atoms with Gasteiger partial charge >= 0.3 is 0 Å². The van der Waals surface area contributed by atoms with E-state index in [-0.39, 0.29) is 5.41 Å². The molecule has 2 aliphatic heterocycles. The lowest BCUT2D eigenvalue weighted by Gasteiger charge is -2.47. The molecule has 3 heteroatoms. The summed E-state index contributed by atoms with van der Waals surface area (Å²) in [5.74, 6) is 0.849. The van der Waals surface area contributed by atoms with Crippen molar-refractivity contribution in [2.24, 2.45) is 4.99 Å². The minimum atomic E-state index is -0.619. The van der Waals surface area contributed by atoms with Crippen molar-refractivity contribution in [2.45, 2.75) is 31.9 Å². The molecule has 0 amide bonds. The van der Waals surface area contributed by atoms with Gasteiger partial charge in [-0.05, 0) is 43.9 Å². The van der Waals surface area contributed by atoms with E-state index in [2.05, 4.69) is 93.4 Å². The second-order valence-electron chi connectivity index (χ2n) is 7.78. The van der Waals surface area contributed by atoms with Gasteiger partial charge in [-0.1, -0.05) is 48.5 Å². The summed E-state index contributed by atoms with van der Waals surface area (Å²) in [6.45, 7) is 6.59. The van der Waals surface area contributed by atoms with Gasteiger partial charge in [-0.3, -0.25) is 0 Å². The van der Waals surface area contributed by atoms with Crippen molar-refractivity contribution in [1.82, 2.24) is 0 Å². The molecule has 1 atom stereocenters. The predicted molar refractivity (Wildman–Crippen MR) is 108 cm³/mol.